The van der Waals surface area contributed by atoms with Crippen LogP contribution >= 0.6 is 11.3 Å². The number of thiazole rings is 1. The zero-order chi connectivity index (χ0) is 26.3. The second-order valence-corrected chi connectivity index (χ2v) is 9.74. The smallest absolute Gasteiger partial charge is 0.188 e. The van der Waals surface area contributed by atoms with Crippen molar-refractivity contribution in [1.82, 2.24) is 34.0 Å². The molecule has 0 spiro atoms. The molecule has 0 atom stereocenters. The van der Waals surface area contributed by atoms with Crippen LogP contribution in [0.15, 0.2) is 96.9 Å². The van der Waals surface area contributed by atoms with Crippen LogP contribution in [0.4, 0.5) is 4.39 Å². The number of benzene rings is 1. The molecule has 6 heterocycles. The highest BCUT2D eigenvalue weighted by Gasteiger charge is 2.19. The highest BCUT2D eigenvalue weighted by molar-refractivity contribution is 7.13. The Bertz CT molecular complexity index is 1980. The lowest BCUT2D eigenvalue weighted by molar-refractivity contribution is 0.0988. The van der Waals surface area contributed by atoms with Gasteiger partial charge in [-0.05, 0) is 60.7 Å². The molecule has 188 valence electrons. The van der Waals surface area contributed by atoms with Gasteiger partial charge in [0.05, 0.1) is 24.0 Å². The Hall–Kier alpha value is -5.09. The van der Waals surface area contributed by atoms with Crippen LogP contribution in [0.25, 0.3) is 44.5 Å². The van der Waals surface area contributed by atoms with E-state index in [-0.39, 0.29) is 18.0 Å². The average molecular weight is 532 g/mol. The number of carbonyl (C=O) groups is 1. The van der Waals surface area contributed by atoms with Crippen LogP contribution in [-0.4, -0.2) is 39.7 Å². The van der Waals surface area contributed by atoms with Gasteiger partial charge in [-0.1, -0.05) is 6.07 Å². The molecule has 0 unspecified atom stereocenters. The van der Waals surface area contributed by atoms with Gasteiger partial charge in [-0.2, -0.15) is 5.10 Å². The van der Waals surface area contributed by atoms with E-state index in [9.17, 15) is 9.18 Å². The van der Waals surface area contributed by atoms with Gasteiger partial charge in [-0.15, -0.1) is 11.3 Å². The van der Waals surface area contributed by atoms with Crippen LogP contribution < -0.4 is 0 Å². The lowest BCUT2D eigenvalue weighted by Crippen LogP contribution is -2.04. The third-order valence-corrected chi connectivity index (χ3v) is 7.19. The molecule has 0 N–H and O–H groups in total. The number of halogens is 1. The summed E-state index contributed by atoms with van der Waals surface area (Å²) in [6, 6.07) is 19.5. The highest BCUT2D eigenvalue weighted by Crippen LogP contribution is 2.32. The van der Waals surface area contributed by atoms with Crippen molar-refractivity contribution in [2.45, 2.75) is 6.42 Å². The summed E-state index contributed by atoms with van der Waals surface area (Å²) in [6.45, 7) is 0. The summed E-state index contributed by atoms with van der Waals surface area (Å²) in [7, 11) is 0. The van der Waals surface area contributed by atoms with Gasteiger partial charge in [-0.25, -0.2) is 23.9 Å². The topological polar surface area (TPSA) is 90.3 Å². The molecule has 6 aromatic heterocycles. The predicted molar refractivity (Wildman–Crippen MR) is 146 cm³/mol. The number of fused-ring (bicyclic) bond motifs is 2. The summed E-state index contributed by atoms with van der Waals surface area (Å²) >= 11 is 1.41. The molecule has 1 aromatic carbocycles. The van der Waals surface area contributed by atoms with E-state index in [1.165, 1.54) is 23.5 Å². The molecular formula is C29H18FN7OS. The fraction of sp³-hybridized carbons (Fsp3) is 0.0345. The molecule has 0 radical (unpaired) electrons. The number of ketones is 1. The Balaban J connectivity index is 1.22. The molecule has 8 nitrogen and oxygen atoms in total. The molecule has 7 aromatic rings. The summed E-state index contributed by atoms with van der Waals surface area (Å²) in [5.74, 6) is -0.430. The molecular weight excluding hydrogens is 513 g/mol. The molecule has 0 saturated heterocycles. The van der Waals surface area contributed by atoms with E-state index in [1.54, 1.807) is 40.6 Å². The van der Waals surface area contributed by atoms with Crippen molar-refractivity contribution in [2.24, 2.45) is 0 Å². The maximum atomic E-state index is 13.6. The van der Waals surface area contributed by atoms with E-state index < -0.39 is 0 Å². The maximum absolute atomic E-state index is 13.6. The van der Waals surface area contributed by atoms with Crippen LogP contribution in [0.3, 0.4) is 0 Å². The van der Waals surface area contributed by atoms with Gasteiger partial charge in [-0.3, -0.25) is 14.2 Å². The molecule has 0 bridgehead atoms. The Kier molecular flexibility index (Phi) is 5.52. The predicted octanol–water partition coefficient (Wildman–Crippen LogP) is 5.79. The number of imidazole rings is 2. The van der Waals surface area contributed by atoms with Crippen molar-refractivity contribution in [2.75, 3.05) is 0 Å². The number of Topliss-reactive ketones (excluding diaryl/α,β-unsaturated/α-hetero) is 1. The minimum absolute atomic E-state index is 0.103. The minimum atomic E-state index is -0.310. The number of rotatable bonds is 6. The van der Waals surface area contributed by atoms with Gasteiger partial charge in [0.1, 0.15) is 33.6 Å². The van der Waals surface area contributed by atoms with Gasteiger partial charge in [0.2, 0.25) is 0 Å². The largest absolute Gasteiger partial charge is 0.298 e. The summed E-state index contributed by atoms with van der Waals surface area (Å²) in [5, 5.41) is 7.31. The molecule has 39 heavy (non-hydrogen) atoms. The second kappa shape index (κ2) is 9.34. The van der Waals surface area contributed by atoms with Crippen LogP contribution in [-0.2, 0) is 6.42 Å². The number of hydrogen-bond donors (Lipinski definition) is 0. The lowest BCUT2D eigenvalue weighted by Gasteiger charge is -2.05. The van der Waals surface area contributed by atoms with Gasteiger partial charge in [0, 0.05) is 35.1 Å². The van der Waals surface area contributed by atoms with Crippen LogP contribution in [0, 0.1) is 5.82 Å². The van der Waals surface area contributed by atoms with E-state index in [2.05, 4.69) is 15.0 Å². The van der Waals surface area contributed by atoms with Crippen molar-refractivity contribution in [3.63, 3.8) is 0 Å². The summed E-state index contributed by atoms with van der Waals surface area (Å²) in [4.78, 5) is 31.0. The Labute approximate surface area is 225 Å². The SMILES string of the molecule is O=C(Cc1cn2nc(-c3c(-c4ccc(F)cc4)nc4ccccn34)ccc2n1)c1csc(-c2cccnc2)n1. The van der Waals surface area contributed by atoms with Crippen molar-refractivity contribution in [3.05, 3.63) is 114 Å². The molecule has 0 aliphatic heterocycles. The normalized spacial score (nSPS) is 11.4. The fourth-order valence-corrected chi connectivity index (χ4v) is 5.29. The first-order valence-electron chi connectivity index (χ1n) is 12.1. The molecule has 7 rings (SSSR count). The first kappa shape index (κ1) is 23.1. The average Bonchev–Trinajstić information content (AvgIpc) is 3.70. The standard InChI is InChI=1S/C29H18FN7OS/c30-20-8-6-18(7-9-20)27-28(36-13-2-1-5-25(36)34-27)22-10-11-26-32-21(16-37(26)35-22)14-24(38)23-17-39-29(33-23)19-4-3-12-31-15-19/h1-13,15-17H,14H2. The van der Waals surface area contributed by atoms with E-state index in [1.807, 2.05) is 53.1 Å². The molecule has 0 aliphatic carbocycles. The Morgan fingerprint density at radius 1 is 0.897 bits per heavy atom. The van der Waals surface area contributed by atoms with E-state index in [4.69, 9.17) is 10.1 Å². The van der Waals surface area contributed by atoms with E-state index in [0.717, 1.165) is 27.5 Å². The number of carbonyl (C=O) groups excluding carboxylic acids is 1. The molecule has 0 saturated carbocycles. The van der Waals surface area contributed by atoms with Crippen molar-refractivity contribution < 1.29 is 9.18 Å². The van der Waals surface area contributed by atoms with Gasteiger partial charge >= 0.3 is 0 Å². The van der Waals surface area contributed by atoms with Crippen LogP contribution in [0.5, 0.6) is 0 Å². The van der Waals surface area contributed by atoms with E-state index >= 15 is 0 Å². The van der Waals surface area contributed by atoms with Gasteiger partial charge in [0.15, 0.2) is 11.4 Å². The molecule has 0 fully saturated rings. The first-order valence-corrected chi connectivity index (χ1v) is 13.0. The number of hydrogen-bond acceptors (Lipinski definition) is 7. The van der Waals surface area contributed by atoms with E-state index in [0.29, 0.717) is 28.4 Å². The van der Waals surface area contributed by atoms with Gasteiger partial charge in [0.25, 0.3) is 0 Å². The van der Waals surface area contributed by atoms with Crippen LogP contribution in [0.1, 0.15) is 16.2 Å². The summed E-state index contributed by atoms with van der Waals surface area (Å²) < 4.78 is 17.2. The third kappa shape index (κ3) is 4.26. The first-order chi connectivity index (χ1) is 19.1. The number of nitrogens with zero attached hydrogens (tertiary/aromatic N) is 7. The molecule has 0 amide bonds. The second-order valence-electron chi connectivity index (χ2n) is 8.88. The lowest BCUT2D eigenvalue weighted by atomic mass is 10.1. The third-order valence-electron chi connectivity index (χ3n) is 6.30. The molecule has 0 aliphatic rings. The zero-order valence-electron chi connectivity index (χ0n) is 20.3. The molecule has 10 heteroatoms. The van der Waals surface area contributed by atoms with Crippen LogP contribution in [0.2, 0.25) is 0 Å². The Morgan fingerprint density at radius 3 is 2.64 bits per heavy atom. The van der Waals surface area contributed by atoms with Crippen molar-refractivity contribution in [3.8, 4) is 33.2 Å². The zero-order valence-corrected chi connectivity index (χ0v) is 21.1. The van der Waals surface area contributed by atoms with Crippen molar-refractivity contribution in [1.29, 1.82) is 0 Å². The quantitative estimate of drug-likeness (QED) is 0.252. The fourth-order valence-electron chi connectivity index (χ4n) is 4.47. The summed E-state index contributed by atoms with van der Waals surface area (Å²) in [5.41, 5.74) is 6.15. The highest BCUT2D eigenvalue weighted by atomic mass is 32.1. The Morgan fingerprint density at radius 2 is 1.79 bits per heavy atom. The maximum Gasteiger partial charge on any atom is 0.188 e. The number of aromatic nitrogens is 7. The minimum Gasteiger partial charge on any atom is -0.298 e. The number of pyridine rings is 2. The van der Waals surface area contributed by atoms with Crippen molar-refractivity contribution >= 4 is 28.4 Å². The summed E-state index contributed by atoms with van der Waals surface area (Å²) in [6.07, 6.45) is 7.20. The monoisotopic (exact) mass is 531 g/mol. The van der Waals surface area contributed by atoms with Gasteiger partial charge < -0.3 is 0 Å².